The van der Waals surface area contributed by atoms with Gasteiger partial charge >= 0.3 is 6.18 Å². The van der Waals surface area contributed by atoms with Crippen LogP contribution >= 0.6 is 12.4 Å². The molecule has 0 amide bonds. The quantitative estimate of drug-likeness (QED) is 0.662. The first-order valence-corrected chi connectivity index (χ1v) is 10.8. The summed E-state index contributed by atoms with van der Waals surface area (Å²) < 4.78 is 37.7. The molecule has 1 fully saturated rings. The van der Waals surface area contributed by atoms with E-state index < -0.39 is 12.7 Å². The maximum atomic E-state index is 12.6. The number of para-hydroxylation sites is 1. The van der Waals surface area contributed by atoms with Gasteiger partial charge in [0.2, 0.25) is 0 Å². The lowest BCUT2D eigenvalue weighted by Gasteiger charge is -2.36. The Labute approximate surface area is 189 Å². The van der Waals surface area contributed by atoms with E-state index in [1.54, 1.807) is 0 Å². The fraction of sp³-hybridized carbons (Fsp3) is 0.500. The molecule has 0 aliphatic carbocycles. The number of halogens is 4. The van der Waals surface area contributed by atoms with Crippen LogP contribution in [0.5, 0.6) is 0 Å². The lowest BCUT2D eigenvalue weighted by Crippen LogP contribution is -2.50. The Morgan fingerprint density at radius 1 is 0.903 bits per heavy atom. The highest BCUT2D eigenvalue weighted by Gasteiger charge is 2.32. The van der Waals surface area contributed by atoms with Crippen LogP contribution in [0.4, 0.5) is 24.5 Å². The number of anilines is 2. The van der Waals surface area contributed by atoms with Crippen molar-refractivity contribution in [3.05, 3.63) is 59.2 Å². The van der Waals surface area contributed by atoms with Gasteiger partial charge in [0.15, 0.2) is 0 Å². The highest BCUT2D eigenvalue weighted by molar-refractivity contribution is 5.85. The maximum Gasteiger partial charge on any atom is 0.401 e. The molecular weight excluding hydrogens is 423 g/mol. The molecule has 2 aliphatic rings. The van der Waals surface area contributed by atoms with Gasteiger partial charge in [-0.1, -0.05) is 37.3 Å². The molecule has 2 aliphatic heterocycles. The average Bonchev–Trinajstić information content (AvgIpc) is 2.88. The van der Waals surface area contributed by atoms with Crippen molar-refractivity contribution in [1.29, 1.82) is 0 Å². The summed E-state index contributed by atoms with van der Waals surface area (Å²) in [6.07, 6.45) is -1.06. The number of piperazine rings is 1. The number of nitrogens with zero attached hydrogens (tertiary/aromatic N) is 2. The number of fused-ring (bicyclic) bond motifs is 2. The molecule has 0 bridgehead atoms. The summed E-state index contributed by atoms with van der Waals surface area (Å²) in [4.78, 5) is 3.83. The molecule has 1 unspecified atom stereocenters. The van der Waals surface area contributed by atoms with Crippen LogP contribution < -0.4 is 5.32 Å². The number of hydrogen-bond donors (Lipinski definition) is 1. The Bertz CT molecular complexity index is 863. The lowest BCUT2D eigenvalue weighted by atomic mass is 9.92. The predicted octanol–water partition coefficient (Wildman–Crippen LogP) is 5.31. The Morgan fingerprint density at radius 2 is 1.58 bits per heavy atom. The van der Waals surface area contributed by atoms with Crippen molar-refractivity contribution < 1.29 is 13.2 Å². The van der Waals surface area contributed by atoms with E-state index >= 15 is 0 Å². The minimum absolute atomic E-state index is 0. The van der Waals surface area contributed by atoms with Crippen LogP contribution in [0.3, 0.4) is 0 Å². The number of hydrogen-bond acceptors (Lipinski definition) is 3. The molecule has 2 heterocycles. The summed E-state index contributed by atoms with van der Waals surface area (Å²) in [7, 11) is 0. The number of aryl methyl sites for hydroxylation is 1. The Morgan fingerprint density at radius 3 is 2.32 bits per heavy atom. The monoisotopic (exact) mass is 453 g/mol. The second-order valence-electron chi connectivity index (χ2n) is 8.73. The molecule has 1 saturated heterocycles. The highest BCUT2D eigenvalue weighted by Crippen LogP contribution is 2.32. The van der Waals surface area contributed by atoms with Gasteiger partial charge in [0.1, 0.15) is 0 Å². The molecule has 2 aromatic rings. The molecule has 0 spiro atoms. The largest absolute Gasteiger partial charge is 0.401 e. The average molecular weight is 454 g/mol. The first-order valence-electron chi connectivity index (χ1n) is 10.8. The summed E-state index contributed by atoms with van der Waals surface area (Å²) >= 11 is 0. The van der Waals surface area contributed by atoms with E-state index in [0.717, 1.165) is 25.8 Å². The molecule has 4 rings (SSSR count). The van der Waals surface area contributed by atoms with Gasteiger partial charge in [-0.15, -0.1) is 12.4 Å². The first-order chi connectivity index (χ1) is 14.4. The third-order valence-corrected chi connectivity index (χ3v) is 6.21. The SMILES string of the molecule is CC(Cc1cccc2c1CCc1ccccc1N2)CN1CCN(CC(F)(F)F)CC1.Cl. The lowest BCUT2D eigenvalue weighted by molar-refractivity contribution is -0.149. The van der Waals surface area contributed by atoms with E-state index in [9.17, 15) is 13.2 Å². The summed E-state index contributed by atoms with van der Waals surface area (Å²) in [5.41, 5.74) is 6.53. The van der Waals surface area contributed by atoms with Gasteiger partial charge in [-0.3, -0.25) is 4.90 Å². The number of alkyl halides is 3. The molecular formula is C24H31ClF3N3. The van der Waals surface area contributed by atoms with Crippen molar-refractivity contribution in [2.75, 3.05) is 44.6 Å². The summed E-state index contributed by atoms with van der Waals surface area (Å²) in [6, 6.07) is 15.0. The second kappa shape index (κ2) is 10.2. The van der Waals surface area contributed by atoms with Crippen LogP contribution in [0.1, 0.15) is 23.6 Å². The number of nitrogens with one attached hydrogen (secondary N) is 1. The zero-order chi connectivity index (χ0) is 21.1. The highest BCUT2D eigenvalue weighted by atomic mass is 35.5. The van der Waals surface area contributed by atoms with Crippen molar-refractivity contribution in [2.45, 2.75) is 32.4 Å². The fourth-order valence-corrected chi connectivity index (χ4v) is 4.77. The molecule has 0 radical (unpaired) electrons. The van der Waals surface area contributed by atoms with E-state index in [2.05, 4.69) is 59.6 Å². The third-order valence-electron chi connectivity index (χ3n) is 6.21. The Kier molecular flexibility index (Phi) is 7.89. The van der Waals surface area contributed by atoms with Gasteiger partial charge in [-0.2, -0.15) is 13.2 Å². The van der Waals surface area contributed by atoms with Gasteiger partial charge < -0.3 is 10.2 Å². The van der Waals surface area contributed by atoms with Gasteiger partial charge in [-0.05, 0) is 54.0 Å². The topological polar surface area (TPSA) is 18.5 Å². The molecule has 0 saturated carbocycles. The molecule has 2 aromatic carbocycles. The van der Waals surface area contributed by atoms with Crippen molar-refractivity contribution in [3.63, 3.8) is 0 Å². The number of benzene rings is 2. The summed E-state index contributed by atoms with van der Waals surface area (Å²) in [6.45, 7) is 4.80. The zero-order valence-corrected chi connectivity index (χ0v) is 18.7. The molecule has 1 atom stereocenters. The maximum absolute atomic E-state index is 12.6. The summed E-state index contributed by atoms with van der Waals surface area (Å²) in [5, 5.41) is 3.61. The molecule has 31 heavy (non-hydrogen) atoms. The van der Waals surface area contributed by atoms with E-state index in [4.69, 9.17) is 0 Å². The van der Waals surface area contributed by atoms with Crippen molar-refractivity contribution in [3.8, 4) is 0 Å². The van der Waals surface area contributed by atoms with Crippen LogP contribution in [0, 0.1) is 5.92 Å². The molecule has 7 heteroatoms. The van der Waals surface area contributed by atoms with E-state index in [1.807, 2.05) is 0 Å². The molecule has 1 N–H and O–H groups in total. The smallest absolute Gasteiger partial charge is 0.355 e. The van der Waals surface area contributed by atoms with Gasteiger partial charge in [-0.25, -0.2) is 0 Å². The van der Waals surface area contributed by atoms with Crippen LogP contribution in [0.25, 0.3) is 0 Å². The van der Waals surface area contributed by atoms with Crippen LogP contribution in [0.2, 0.25) is 0 Å². The second-order valence-corrected chi connectivity index (χ2v) is 8.73. The van der Waals surface area contributed by atoms with Gasteiger partial charge in [0.05, 0.1) is 6.54 Å². The van der Waals surface area contributed by atoms with E-state index in [-0.39, 0.29) is 12.4 Å². The predicted molar refractivity (Wildman–Crippen MR) is 123 cm³/mol. The van der Waals surface area contributed by atoms with Gasteiger partial charge in [0.25, 0.3) is 0 Å². The molecule has 0 aromatic heterocycles. The van der Waals surface area contributed by atoms with Crippen LogP contribution in [-0.2, 0) is 19.3 Å². The van der Waals surface area contributed by atoms with E-state index in [1.165, 1.54) is 33.0 Å². The number of rotatable bonds is 5. The zero-order valence-electron chi connectivity index (χ0n) is 17.9. The standard InChI is InChI=1S/C24H30F3N3.ClH/c1-18(16-29-11-13-30(14-12-29)17-24(25,26)27)15-20-6-4-8-23-21(20)10-9-19-5-2-3-7-22(19)28-23;/h2-8,18,28H,9-17H2,1H3;1H. The molecule has 170 valence electrons. The minimum Gasteiger partial charge on any atom is -0.355 e. The molecule has 3 nitrogen and oxygen atoms in total. The van der Waals surface area contributed by atoms with Crippen molar-refractivity contribution >= 4 is 23.8 Å². The van der Waals surface area contributed by atoms with Gasteiger partial charge in [0, 0.05) is 44.1 Å². The van der Waals surface area contributed by atoms with E-state index in [0.29, 0.717) is 32.1 Å². The van der Waals surface area contributed by atoms with Crippen molar-refractivity contribution in [2.24, 2.45) is 5.92 Å². The van der Waals surface area contributed by atoms with Crippen molar-refractivity contribution in [1.82, 2.24) is 9.80 Å². The Hall–Kier alpha value is -1.76. The normalized spacial score (nSPS) is 18.2. The van der Waals surface area contributed by atoms with Crippen LogP contribution in [0.15, 0.2) is 42.5 Å². The summed E-state index contributed by atoms with van der Waals surface area (Å²) in [5.74, 6) is 0.455. The van der Waals surface area contributed by atoms with Crippen LogP contribution in [-0.4, -0.2) is 55.2 Å². The first kappa shape index (κ1) is 23.9. The third kappa shape index (κ3) is 6.37. The fourth-order valence-electron chi connectivity index (χ4n) is 4.77. The minimum atomic E-state index is -4.10. The Balaban J connectivity index is 0.00000272.